The number of aliphatic hydroxyl groups excluding tert-OH is 1. The lowest BCUT2D eigenvalue weighted by Gasteiger charge is -2.19. The molecule has 0 amide bonds. The molecule has 112 valence electrons. The molecule has 0 heterocycles. The van der Waals surface area contributed by atoms with Gasteiger partial charge >= 0.3 is 0 Å². The molecule has 2 aromatic rings. The van der Waals surface area contributed by atoms with Crippen LogP contribution in [-0.4, -0.2) is 19.3 Å². The molecule has 1 N–H and O–H groups in total. The predicted molar refractivity (Wildman–Crippen MR) is 84.0 cm³/mol. The van der Waals surface area contributed by atoms with Crippen LogP contribution in [-0.2, 0) is 0 Å². The van der Waals surface area contributed by atoms with Gasteiger partial charge in [0.1, 0.15) is 11.5 Å². The summed E-state index contributed by atoms with van der Waals surface area (Å²) in [5.41, 5.74) is 1.98. The number of hydrogen-bond acceptors (Lipinski definition) is 3. The zero-order valence-electron chi connectivity index (χ0n) is 12.7. The lowest BCUT2D eigenvalue weighted by molar-refractivity contribution is 0.155. The van der Waals surface area contributed by atoms with Crippen molar-refractivity contribution in [1.29, 1.82) is 0 Å². The van der Waals surface area contributed by atoms with Crippen molar-refractivity contribution in [2.75, 3.05) is 14.2 Å². The molecular formula is C18H22O3. The van der Waals surface area contributed by atoms with Gasteiger partial charge in [0, 0.05) is 5.56 Å². The molecule has 0 aliphatic carbocycles. The van der Waals surface area contributed by atoms with Gasteiger partial charge in [-0.1, -0.05) is 37.3 Å². The van der Waals surface area contributed by atoms with E-state index in [1.807, 2.05) is 36.4 Å². The van der Waals surface area contributed by atoms with Crippen molar-refractivity contribution in [3.63, 3.8) is 0 Å². The third-order valence-electron chi connectivity index (χ3n) is 3.74. The summed E-state index contributed by atoms with van der Waals surface area (Å²) < 4.78 is 10.6. The standard InChI is InChI=1S/C18H22O3/c1-13(14-7-5-4-6-8-14)11-17(19)16-12-15(20-2)9-10-18(16)21-3/h4-10,12-13,17,19H,11H2,1-3H3. The highest BCUT2D eigenvalue weighted by Crippen LogP contribution is 2.34. The Hall–Kier alpha value is -2.00. The zero-order valence-corrected chi connectivity index (χ0v) is 12.7. The predicted octanol–water partition coefficient (Wildman–Crippen LogP) is 3.93. The fourth-order valence-electron chi connectivity index (χ4n) is 2.48. The Kier molecular flexibility index (Phi) is 5.23. The maximum absolute atomic E-state index is 10.5. The van der Waals surface area contributed by atoms with Crippen LogP contribution in [0.3, 0.4) is 0 Å². The summed E-state index contributed by atoms with van der Waals surface area (Å²) in [4.78, 5) is 0. The third kappa shape index (κ3) is 3.76. The summed E-state index contributed by atoms with van der Waals surface area (Å²) in [6.07, 6.45) is 0.0401. The molecule has 3 nitrogen and oxygen atoms in total. The van der Waals surface area contributed by atoms with Crippen molar-refractivity contribution < 1.29 is 14.6 Å². The van der Waals surface area contributed by atoms with Crippen LogP contribution >= 0.6 is 0 Å². The summed E-state index contributed by atoms with van der Waals surface area (Å²) in [6, 6.07) is 15.7. The molecule has 2 rings (SSSR count). The quantitative estimate of drug-likeness (QED) is 0.874. The summed E-state index contributed by atoms with van der Waals surface area (Å²) in [5.74, 6) is 1.66. The minimum Gasteiger partial charge on any atom is -0.497 e. The van der Waals surface area contributed by atoms with Gasteiger partial charge in [-0.2, -0.15) is 0 Å². The van der Waals surface area contributed by atoms with Crippen LogP contribution in [0.2, 0.25) is 0 Å². The average molecular weight is 286 g/mol. The van der Waals surface area contributed by atoms with Gasteiger partial charge in [-0.3, -0.25) is 0 Å². The average Bonchev–Trinajstić information content (AvgIpc) is 2.54. The maximum Gasteiger partial charge on any atom is 0.124 e. The zero-order chi connectivity index (χ0) is 15.2. The highest BCUT2D eigenvalue weighted by molar-refractivity contribution is 5.41. The SMILES string of the molecule is COc1ccc(OC)c(C(O)CC(C)c2ccccc2)c1. The first kappa shape index (κ1) is 15.4. The lowest BCUT2D eigenvalue weighted by Crippen LogP contribution is -2.05. The normalized spacial score (nSPS) is 13.5. The minimum atomic E-state index is -0.592. The summed E-state index contributed by atoms with van der Waals surface area (Å²) in [6.45, 7) is 2.12. The van der Waals surface area contributed by atoms with Gasteiger partial charge in [-0.15, -0.1) is 0 Å². The van der Waals surface area contributed by atoms with E-state index in [4.69, 9.17) is 9.47 Å². The molecule has 0 radical (unpaired) electrons. The Bertz CT molecular complexity index is 566. The van der Waals surface area contributed by atoms with E-state index in [2.05, 4.69) is 19.1 Å². The second-order valence-corrected chi connectivity index (χ2v) is 5.17. The molecular weight excluding hydrogens is 264 g/mol. The fraction of sp³-hybridized carbons (Fsp3) is 0.333. The number of ether oxygens (including phenoxy) is 2. The second kappa shape index (κ2) is 7.14. The molecule has 2 aromatic carbocycles. The van der Waals surface area contributed by atoms with E-state index in [-0.39, 0.29) is 5.92 Å². The van der Waals surface area contributed by atoms with E-state index in [0.717, 1.165) is 11.3 Å². The topological polar surface area (TPSA) is 38.7 Å². The molecule has 21 heavy (non-hydrogen) atoms. The van der Waals surface area contributed by atoms with Gasteiger partial charge in [-0.25, -0.2) is 0 Å². The molecule has 0 saturated carbocycles. The van der Waals surface area contributed by atoms with Gasteiger partial charge in [0.05, 0.1) is 20.3 Å². The lowest BCUT2D eigenvalue weighted by atomic mass is 9.92. The van der Waals surface area contributed by atoms with E-state index >= 15 is 0 Å². The fourth-order valence-corrected chi connectivity index (χ4v) is 2.48. The molecule has 2 unspecified atom stereocenters. The number of aliphatic hydroxyl groups is 1. The van der Waals surface area contributed by atoms with E-state index in [1.54, 1.807) is 14.2 Å². The van der Waals surface area contributed by atoms with Crippen LogP contribution in [0.25, 0.3) is 0 Å². The van der Waals surface area contributed by atoms with Crippen LogP contribution < -0.4 is 9.47 Å². The van der Waals surface area contributed by atoms with Crippen molar-refractivity contribution in [3.8, 4) is 11.5 Å². The third-order valence-corrected chi connectivity index (χ3v) is 3.74. The van der Waals surface area contributed by atoms with Gasteiger partial charge in [-0.05, 0) is 36.1 Å². The van der Waals surface area contributed by atoms with Crippen molar-refractivity contribution in [3.05, 3.63) is 59.7 Å². The highest BCUT2D eigenvalue weighted by atomic mass is 16.5. The van der Waals surface area contributed by atoms with Crippen LogP contribution in [0, 0.1) is 0 Å². The minimum absolute atomic E-state index is 0.261. The Morgan fingerprint density at radius 2 is 1.71 bits per heavy atom. The van der Waals surface area contributed by atoms with Gasteiger partial charge in [0.25, 0.3) is 0 Å². The molecule has 0 aliphatic heterocycles. The van der Waals surface area contributed by atoms with E-state index < -0.39 is 6.10 Å². The molecule has 0 spiro atoms. The summed E-state index contributed by atoms with van der Waals surface area (Å²) in [7, 11) is 3.23. The van der Waals surface area contributed by atoms with Crippen molar-refractivity contribution in [1.82, 2.24) is 0 Å². The summed E-state index contributed by atoms with van der Waals surface area (Å²) in [5, 5.41) is 10.5. The molecule has 0 saturated heterocycles. The van der Waals surface area contributed by atoms with Crippen LogP contribution in [0.4, 0.5) is 0 Å². The van der Waals surface area contributed by atoms with E-state index in [0.29, 0.717) is 12.2 Å². The Morgan fingerprint density at radius 1 is 1.00 bits per heavy atom. The number of benzene rings is 2. The Morgan fingerprint density at radius 3 is 2.33 bits per heavy atom. The Labute approximate surface area is 126 Å². The number of methoxy groups -OCH3 is 2. The number of rotatable bonds is 6. The molecule has 3 heteroatoms. The van der Waals surface area contributed by atoms with Gasteiger partial charge in [0.2, 0.25) is 0 Å². The maximum atomic E-state index is 10.5. The monoisotopic (exact) mass is 286 g/mol. The van der Waals surface area contributed by atoms with Crippen LogP contribution in [0.15, 0.2) is 48.5 Å². The molecule has 0 bridgehead atoms. The van der Waals surface area contributed by atoms with Crippen LogP contribution in [0.1, 0.15) is 36.5 Å². The van der Waals surface area contributed by atoms with E-state index in [9.17, 15) is 5.11 Å². The Balaban J connectivity index is 2.18. The second-order valence-electron chi connectivity index (χ2n) is 5.17. The smallest absolute Gasteiger partial charge is 0.124 e. The van der Waals surface area contributed by atoms with Crippen molar-refractivity contribution in [2.24, 2.45) is 0 Å². The molecule has 0 aromatic heterocycles. The highest BCUT2D eigenvalue weighted by Gasteiger charge is 2.18. The first-order chi connectivity index (χ1) is 10.2. The van der Waals surface area contributed by atoms with Crippen molar-refractivity contribution >= 4 is 0 Å². The molecule has 0 aliphatic rings. The molecule has 0 fully saturated rings. The van der Waals surface area contributed by atoms with Gasteiger partial charge < -0.3 is 14.6 Å². The van der Waals surface area contributed by atoms with Gasteiger partial charge in [0.15, 0.2) is 0 Å². The first-order valence-electron chi connectivity index (χ1n) is 7.10. The first-order valence-corrected chi connectivity index (χ1v) is 7.10. The van der Waals surface area contributed by atoms with Crippen molar-refractivity contribution in [2.45, 2.75) is 25.4 Å². The summed E-state index contributed by atoms with van der Waals surface area (Å²) >= 11 is 0. The van der Waals surface area contributed by atoms with E-state index in [1.165, 1.54) is 5.56 Å². The largest absolute Gasteiger partial charge is 0.497 e. The van der Waals surface area contributed by atoms with Crippen LogP contribution in [0.5, 0.6) is 11.5 Å². The molecule has 2 atom stereocenters. The number of hydrogen-bond donors (Lipinski definition) is 1.